The molecule has 1 aromatic heterocycles. The fourth-order valence-corrected chi connectivity index (χ4v) is 3.32. The molecule has 106 valence electrons. The van der Waals surface area contributed by atoms with Gasteiger partial charge >= 0.3 is 5.82 Å². The summed E-state index contributed by atoms with van der Waals surface area (Å²) in [7, 11) is 1.51. The molecule has 9 heteroatoms. The van der Waals surface area contributed by atoms with Crippen LogP contribution < -0.4 is 4.74 Å². The van der Waals surface area contributed by atoms with E-state index in [1.807, 2.05) is 0 Å². The maximum atomic E-state index is 11.0. The predicted octanol–water partition coefficient (Wildman–Crippen LogP) is 1.96. The number of nitro groups is 1. The van der Waals surface area contributed by atoms with Crippen LogP contribution in [0.2, 0.25) is 0 Å². The van der Waals surface area contributed by atoms with Crippen LogP contribution in [0.25, 0.3) is 0 Å². The highest BCUT2D eigenvalue weighted by molar-refractivity contribution is 8.13. The summed E-state index contributed by atoms with van der Waals surface area (Å²) in [4.78, 5) is 13.6. The Labute approximate surface area is 115 Å². The molecule has 19 heavy (non-hydrogen) atoms. The van der Waals surface area contributed by atoms with E-state index in [9.17, 15) is 18.5 Å². The lowest BCUT2D eigenvalue weighted by Gasteiger charge is -2.22. The lowest BCUT2D eigenvalue weighted by molar-refractivity contribution is -0.390. The molecule has 0 aliphatic heterocycles. The molecule has 0 amide bonds. The molecule has 0 saturated heterocycles. The van der Waals surface area contributed by atoms with Gasteiger partial charge in [0, 0.05) is 16.1 Å². The quantitative estimate of drug-likeness (QED) is 0.452. The second-order valence-corrected chi connectivity index (χ2v) is 7.50. The summed E-state index contributed by atoms with van der Waals surface area (Å²) in [5.74, 6) is -0.713. The maximum Gasteiger partial charge on any atom is 0.406 e. The fourth-order valence-electron chi connectivity index (χ4n) is 1.41. The van der Waals surface area contributed by atoms with Crippen molar-refractivity contribution in [2.24, 2.45) is 5.41 Å². The zero-order chi connectivity index (χ0) is 14.7. The second-order valence-electron chi connectivity index (χ2n) is 4.72. The Morgan fingerprint density at radius 2 is 2.16 bits per heavy atom. The molecule has 0 radical (unpaired) electrons. The number of rotatable bonds is 6. The third-order valence-corrected chi connectivity index (χ3v) is 3.56. The van der Waals surface area contributed by atoms with E-state index in [1.54, 1.807) is 13.8 Å². The van der Waals surface area contributed by atoms with E-state index < -0.39 is 25.2 Å². The van der Waals surface area contributed by atoms with Gasteiger partial charge in [0.15, 0.2) is 0 Å². The van der Waals surface area contributed by atoms with Gasteiger partial charge < -0.3 is 14.9 Å². The van der Waals surface area contributed by atoms with Crippen LogP contribution in [0.4, 0.5) is 5.82 Å². The summed E-state index contributed by atoms with van der Waals surface area (Å²) in [5.41, 5.74) is -0.774. The fraction of sp³-hybridized carbons (Fsp3) is 0.500. The normalized spacial score (nSPS) is 12.2. The Morgan fingerprint density at radius 3 is 2.68 bits per heavy atom. The molecule has 1 heterocycles. The van der Waals surface area contributed by atoms with E-state index in [2.05, 4.69) is 4.98 Å². The minimum atomic E-state index is -3.67. The van der Waals surface area contributed by atoms with Crippen LogP contribution in [-0.2, 0) is 9.05 Å². The third-order valence-electron chi connectivity index (χ3n) is 2.11. The van der Waals surface area contributed by atoms with Crippen molar-refractivity contribution in [3.05, 3.63) is 28.4 Å². The summed E-state index contributed by atoms with van der Waals surface area (Å²) >= 11 is 0. The van der Waals surface area contributed by atoms with Crippen molar-refractivity contribution in [2.75, 3.05) is 12.4 Å². The summed E-state index contributed by atoms with van der Waals surface area (Å²) in [6.45, 7) is 3.23. The van der Waals surface area contributed by atoms with Gasteiger partial charge in [0.25, 0.3) is 0 Å². The van der Waals surface area contributed by atoms with Crippen molar-refractivity contribution in [1.29, 1.82) is 0 Å². The van der Waals surface area contributed by atoms with Gasteiger partial charge in [-0.25, -0.2) is 8.42 Å². The predicted molar refractivity (Wildman–Crippen MR) is 69.8 cm³/mol. The SMILES string of the molecule is CC(C)(COc1cccnc1[N+](=O)[O-])CS(=O)(=O)Cl. The molecule has 0 bridgehead atoms. The summed E-state index contributed by atoms with van der Waals surface area (Å²) in [6, 6.07) is 2.89. The second kappa shape index (κ2) is 5.70. The van der Waals surface area contributed by atoms with Crippen molar-refractivity contribution in [1.82, 2.24) is 4.98 Å². The van der Waals surface area contributed by atoms with Gasteiger partial charge in [-0.3, -0.25) is 0 Å². The summed E-state index contributed by atoms with van der Waals surface area (Å²) in [6.07, 6.45) is 1.28. The minimum absolute atomic E-state index is 0.00690. The Balaban J connectivity index is 2.80. The van der Waals surface area contributed by atoms with Gasteiger partial charge in [-0.15, -0.1) is 0 Å². The zero-order valence-corrected chi connectivity index (χ0v) is 11.9. The topological polar surface area (TPSA) is 99.4 Å². The summed E-state index contributed by atoms with van der Waals surface area (Å²) in [5, 5.41) is 10.7. The van der Waals surface area contributed by atoms with Crippen LogP contribution >= 0.6 is 10.7 Å². The Hall–Kier alpha value is -1.41. The van der Waals surface area contributed by atoms with Gasteiger partial charge in [-0.2, -0.15) is 0 Å². The van der Waals surface area contributed by atoms with Gasteiger partial charge in [0.1, 0.15) is 6.20 Å². The molecule has 0 aliphatic carbocycles. The summed E-state index contributed by atoms with van der Waals surface area (Å²) < 4.78 is 27.3. The van der Waals surface area contributed by atoms with Crippen LogP contribution in [0.15, 0.2) is 18.3 Å². The first-order valence-electron chi connectivity index (χ1n) is 5.25. The standard InChI is InChI=1S/C10H13ClN2O5S/c1-10(2,7-19(11,16)17)6-18-8-4-3-5-12-9(8)13(14)15/h3-5H,6-7H2,1-2H3. The number of ether oxygens (including phenoxy) is 1. The highest BCUT2D eigenvalue weighted by Crippen LogP contribution is 2.27. The number of hydrogen-bond acceptors (Lipinski definition) is 6. The van der Waals surface area contributed by atoms with Crippen LogP contribution in [0.3, 0.4) is 0 Å². The van der Waals surface area contributed by atoms with E-state index in [1.165, 1.54) is 18.3 Å². The van der Waals surface area contributed by atoms with Gasteiger partial charge in [-0.05, 0) is 22.0 Å². The lowest BCUT2D eigenvalue weighted by atomic mass is 9.98. The third kappa shape index (κ3) is 5.39. The van der Waals surface area contributed by atoms with Crippen molar-refractivity contribution in [3.63, 3.8) is 0 Å². The van der Waals surface area contributed by atoms with Crippen LogP contribution in [0.5, 0.6) is 5.75 Å². The molecule has 0 saturated carbocycles. The van der Waals surface area contributed by atoms with Crippen LogP contribution in [0.1, 0.15) is 13.8 Å². The molecule has 0 aromatic carbocycles. The Kier molecular flexibility index (Phi) is 4.70. The highest BCUT2D eigenvalue weighted by Gasteiger charge is 2.27. The molecule has 0 spiro atoms. The number of hydrogen-bond donors (Lipinski definition) is 0. The monoisotopic (exact) mass is 308 g/mol. The number of pyridine rings is 1. The van der Waals surface area contributed by atoms with Crippen LogP contribution in [-0.4, -0.2) is 30.7 Å². The molecule has 7 nitrogen and oxygen atoms in total. The molecule has 0 unspecified atom stereocenters. The van der Waals surface area contributed by atoms with E-state index in [0.717, 1.165) is 0 Å². The number of halogens is 1. The zero-order valence-electron chi connectivity index (χ0n) is 10.4. The van der Waals surface area contributed by atoms with Crippen molar-refractivity contribution < 1.29 is 18.1 Å². The first-order valence-corrected chi connectivity index (χ1v) is 7.73. The molecule has 1 rings (SSSR count). The average Bonchev–Trinajstić information content (AvgIpc) is 2.23. The van der Waals surface area contributed by atoms with Crippen molar-refractivity contribution >= 4 is 25.6 Å². The number of nitrogens with zero attached hydrogens (tertiary/aromatic N) is 2. The van der Waals surface area contributed by atoms with E-state index in [-0.39, 0.29) is 18.1 Å². The van der Waals surface area contributed by atoms with E-state index in [4.69, 9.17) is 15.4 Å². The Morgan fingerprint density at radius 1 is 1.53 bits per heavy atom. The molecule has 0 atom stereocenters. The smallest absolute Gasteiger partial charge is 0.406 e. The van der Waals surface area contributed by atoms with Gasteiger partial charge in [-0.1, -0.05) is 13.8 Å². The highest BCUT2D eigenvalue weighted by atomic mass is 35.7. The molecule has 1 aromatic rings. The van der Waals surface area contributed by atoms with Gasteiger partial charge in [0.2, 0.25) is 14.8 Å². The molecular weight excluding hydrogens is 296 g/mol. The van der Waals surface area contributed by atoms with E-state index >= 15 is 0 Å². The van der Waals surface area contributed by atoms with Gasteiger partial charge in [0.05, 0.1) is 12.4 Å². The first kappa shape index (κ1) is 15.6. The molecular formula is C10H13ClN2O5S. The number of aromatic nitrogens is 1. The maximum absolute atomic E-state index is 11.0. The van der Waals surface area contributed by atoms with E-state index in [0.29, 0.717) is 0 Å². The van der Waals surface area contributed by atoms with Crippen LogP contribution in [0, 0.1) is 15.5 Å². The minimum Gasteiger partial charge on any atom is -0.485 e. The molecule has 0 fully saturated rings. The first-order chi connectivity index (χ1) is 8.61. The molecule has 0 N–H and O–H groups in total. The Bertz CT molecular complexity index is 573. The van der Waals surface area contributed by atoms with Crippen molar-refractivity contribution in [3.8, 4) is 5.75 Å². The average molecular weight is 309 g/mol. The van der Waals surface area contributed by atoms with Crippen molar-refractivity contribution in [2.45, 2.75) is 13.8 Å². The largest absolute Gasteiger partial charge is 0.485 e. The lowest BCUT2D eigenvalue weighted by Crippen LogP contribution is -2.28. The molecule has 0 aliphatic rings.